The highest BCUT2D eigenvalue weighted by molar-refractivity contribution is 5.33. The van der Waals surface area contributed by atoms with Gasteiger partial charge in [-0.15, -0.1) is 0 Å². The van der Waals surface area contributed by atoms with Crippen LogP contribution in [0.15, 0.2) is 18.2 Å². The van der Waals surface area contributed by atoms with Gasteiger partial charge in [0.25, 0.3) is 5.60 Å². The molecule has 1 aromatic rings. The van der Waals surface area contributed by atoms with Crippen LogP contribution < -0.4 is 0 Å². The summed E-state index contributed by atoms with van der Waals surface area (Å²) >= 11 is 0. The first-order valence-electron chi connectivity index (χ1n) is 4.85. The summed E-state index contributed by atoms with van der Waals surface area (Å²) in [4.78, 5) is 0. The molecule has 0 spiro atoms. The average Bonchev–Trinajstić information content (AvgIpc) is 2.23. The zero-order valence-electron chi connectivity index (χ0n) is 9.46. The van der Waals surface area contributed by atoms with Crippen molar-refractivity contribution in [1.29, 1.82) is 0 Å². The topological polar surface area (TPSA) is 20.2 Å². The number of hydrogen-bond acceptors (Lipinski definition) is 1. The predicted octanol–water partition coefficient (Wildman–Crippen LogP) is 4.16. The number of rotatable bonds is 1. The molecule has 0 amide bonds. The number of hydrogen-bond donors (Lipinski definition) is 1. The molecule has 1 nitrogen and oxygen atoms in total. The first kappa shape index (κ1) is 17.5. The third kappa shape index (κ3) is 2.92. The number of alkyl halides is 9. The molecule has 120 valence electrons. The van der Waals surface area contributed by atoms with Crippen LogP contribution >= 0.6 is 0 Å². The van der Waals surface area contributed by atoms with E-state index < -0.39 is 47.1 Å². The Balaban J connectivity index is 3.64. The molecule has 0 radical (unpaired) electrons. The smallest absolute Gasteiger partial charge is 0.369 e. The normalized spacial score (nSPS) is 14.4. The van der Waals surface area contributed by atoms with Gasteiger partial charge in [-0.25, -0.2) is 4.39 Å². The summed E-state index contributed by atoms with van der Waals surface area (Å²) in [6.45, 7) is 0. The molecule has 21 heavy (non-hydrogen) atoms. The second kappa shape index (κ2) is 4.75. The van der Waals surface area contributed by atoms with Gasteiger partial charge in [-0.1, -0.05) is 6.07 Å². The third-order valence-electron chi connectivity index (χ3n) is 2.51. The SMILES string of the molecule is OC(c1ccc(F)c(C(F)(F)F)c1)(C(F)(F)F)C(F)(F)F. The van der Waals surface area contributed by atoms with Crippen molar-refractivity contribution in [1.82, 2.24) is 0 Å². The Morgan fingerprint density at radius 2 is 1.19 bits per heavy atom. The second-order valence-electron chi connectivity index (χ2n) is 3.90. The summed E-state index contributed by atoms with van der Waals surface area (Å²) in [6, 6.07) is -1.18. The minimum atomic E-state index is -6.36. The molecule has 0 heterocycles. The predicted molar refractivity (Wildman–Crippen MR) is 47.4 cm³/mol. The Labute approximate surface area is 109 Å². The van der Waals surface area contributed by atoms with Crippen molar-refractivity contribution in [3.8, 4) is 0 Å². The minimum absolute atomic E-state index is 0.217. The minimum Gasteiger partial charge on any atom is -0.369 e. The van der Waals surface area contributed by atoms with Gasteiger partial charge in [0.05, 0.1) is 5.56 Å². The maximum absolute atomic E-state index is 12.9. The van der Waals surface area contributed by atoms with Crippen molar-refractivity contribution in [2.24, 2.45) is 0 Å². The lowest BCUT2D eigenvalue weighted by atomic mass is 9.90. The maximum Gasteiger partial charge on any atom is 0.430 e. The van der Waals surface area contributed by atoms with Gasteiger partial charge in [0.2, 0.25) is 0 Å². The van der Waals surface area contributed by atoms with Crippen LogP contribution in [-0.2, 0) is 11.8 Å². The standard InChI is InChI=1S/C10H4F10O/c11-6-2-1-4(3-5(6)8(12,13)14)7(21,9(15,16)17)10(18,19)20/h1-3,21H. The second-order valence-corrected chi connectivity index (χ2v) is 3.90. The van der Waals surface area contributed by atoms with Gasteiger partial charge < -0.3 is 5.11 Å². The van der Waals surface area contributed by atoms with Gasteiger partial charge in [0, 0.05) is 5.56 Å². The van der Waals surface area contributed by atoms with Crippen LogP contribution in [0.5, 0.6) is 0 Å². The Morgan fingerprint density at radius 1 is 0.762 bits per heavy atom. The molecule has 0 aliphatic carbocycles. The fourth-order valence-electron chi connectivity index (χ4n) is 1.46. The number of benzene rings is 1. The van der Waals surface area contributed by atoms with E-state index in [0.29, 0.717) is 0 Å². The molecule has 0 aliphatic heterocycles. The fraction of sp³-hybridized carbons (Fsp3) is 0.400. The monoisotopic (exact) mass is 330 g/mol. The van der Waals surface area contributed by atoms with Crippen LogP contribution in [0.25, 0.3) is 0 Å². The van der Waals surface area contributed by atoms with Crippen molar-refractivity contribution >= 4 is 0 Å². The van der Waals surface area contributed by atoms with Crippen LogP contribution in [0.3, 0.4) is 0 Å². The molecule has 0 aliphatic rings. The van der Waals surface area contributed by atoms with E-state index in [4.69, 9.17) is 5.11 Å². The summed E-state index contributed by atoms with van der Waals surface area (Å²) in [5.41, 5.74) is -10.1. The Morgan fingerprint density at radius 3 is 1.52 bits per heavy atom. The molecule has 0 unspecified atom stereocenters. The third-order valence-corrected chi connectivity index (χ3v) is 2.51. The zero-order valence-corrected chi connectivity index (χ0v) is 9.46. The van der Waals surface area contributed by atoms with E-state index in [2.05, 4.69) is 0 Å². The van der Waals surface area contributed by atoms with Crippen molar-refractivity contribution in [2.75, 3.05) is 0 Å². The van der Waals surface area contributed by atoms with E-state index in [9.17, 15) is 43.9 Å². The molecule has 1 rings (SSSR count). The molecule has 0 aromatic heterocycles. The van der Waals surface area contributed by atoms with Crippen LogP contribution in [0.4, 0.5) is 43.9 Å². The highest BCUT2D eigenvalue weighted by Crippen LogP contribution is 2.50. The first-order valence-corrected chi connectivity index (χ1v) is 4.85. The highest BCUT2D eigenvalue weighted by atomic mass is 19.4. The van der Waals surface area contributed by atoms with Crippen molar-refractivity contribution in [3.05, 3.63) is 35.1 Å². The summed E-state index contributed by atoms with van der Waals surface area (Å²) < 4.78 is 125. The van der Waals surface area contributed by atoms with Gasteiger partial charge in [0.15, 0.2) is 0 Å². The Kier molecular flexibility index (Phi) is 3.97. The molecule has 1 N–H and O–H groups in total. The highest BCUT2D eigenvalue weighted by Gasteiger charge is 2.71. The van der Waals surface area contributed by atoms with Gasteiger partial charge >= 0.3 is 18.5 Å². The molecule has 11 heteroatoms. The van der Waals surface area contributed by atoms with E-state index in [1.807, 2.05) is 0 Å². The average molecular weight is 330 g/mol. The molecule has 0 saturated carbocycles. The van der Waals surface area contributed by atoms with E-state index in [1.54, 1.807) is 0 Å². The maximum atomic E-state index is 12.9. The van der Waals surface area contributed by atoms with Crippen LogP contribution in [0.2, 0.25) is 0 Å². The summed E-state index contributed by atoms with van der Waals surface area (Å²) in [7, 11) is 0. The Bertz CT molecular complexity index is 510. The summed E-state index contributed by atoms with van der Waals surface area (Å²) in [5, 5.41) is 8.90. The fourth-order valence-corrected chi connectivity index (χ4v) is 1.46. The van der Waals surface area contributed by atoms with Gasteiger partial charge in [0.1, 0.15) is 5.82 Å². The van der Waals surface area contributed by atoms with Gasteiger partial charge in [-0.05, 0) is 12.1 Å². The molecule has 1 aromatic carbocycles. The van der Waals surface area contributed by atoms with E-state index in [-0.39, 0.29) is 12.1 Å². The number of halogens is 10. The molecule has 0 fully saturated rings. The molecule has 0 saturated heterocycles. The van der Waals surface area contributed by atoms with Gasteiger partial charge in [-0.2, -0.15) is 39.5 Å². The van der Waals surface area contributed by atoms with E-state index in [1.165, 1.54) is 0 Å². The molecule has 0 bridgehead atoms. The van der Waals surface area contributed by atoms with E-state index >= 15 is 0 Å². The van der Waals surface area contributed by atoms with Crippen molar-refractivity contribution in [2.45, 2.75) is 24.1 Å². The lowest BCUT2D eigenvalue weighted by molar-refractivity contribution is -0.376. The molecule has 0 atom stereocenters. The largest absolute Gasteiger partial charge is 0.430 e. The van der Waals surface area contributed by atoms with Crippen LogP contribution in [0, 0.1) is 5.82 Å². The van der Waals surface area contributed by atoms with Crippen LogP contribution in [0.1, 0.15) is 11.1 Å². The summed E-state index contributed by atoms with van der Waals surface area (Å²) in [6.07, 6.45) is -18.2. The van der Waals surface area contributed by atoms with E-state index in [0.717, 1.165) is 0 Å². The molecular formula is C10H4F10O. The Hall–Kier alpha value is -1.52. The first-order chi connectivity index (χ1) is 9.12. The van der Waals surface area contributed by atoms with Crippen LogP contribution in [-0.4, -0.2) is 17.5 Å². The lowest BCUT2D eigenvalue weighted by Crippen LogP contribution is -2.54. The quantitative estimate of drug-likeness (QED) is 0.767. The lowest BCUT2D eigenvalue weighted by Gasteiger charge is -2.33. The summed E-state index contributed by atoms with van der Waals surface area (Å²) in [5.74, 6) is -2.07. The number of aliphatic hydroxyl groups is 1. The van der Waals surface area contributed by atoms with Crippen molar-refractivity contribution in [3.63, 3.8) is 0 Å². The zero-order chi connectivity index (χ0) is 16.9. The van der Waals surface area contributed by atoms with Crippen molar-refractivity contribution < 1.29 is 49.0 Å². The van der Waals surface area contributed by atoms with Gasteiger partial charge in [-0.3, -0.25) is 0 Å². The molecular weight excluding hydrogens is 326 g/mol.